The van der Waals surface area contributed by atoms with Crippen LogP contribution in [0.4, 0.5) is 21.9 Å². The fourth-order valence-electron chi connectivity index (χ4n) is 5.40. The Labute approximate surface area is 246 Å². The Hall–Kier alpha value is -3.78. The van der Waals surface area contributed by atoms with E-state index in [2.05, 4.69) is 16.7 Å². The van der Waals surface area contributed by atoms with Crippen LogP contribution >= 0.6 is 34.5 Å². The number of fused-ring (bicyclic) bond motifs is 1. The Kier molecular flexibility index (Phi) is 7.27. The molecule has 4 aromatic rings. The molecule has 2 N–H and O–H groups in total. The van der Waals surface area contributed by atoms with Gasteiger partial charge in [-0.2, -0.15) is 0 Å². The third kappa shape index (κ3) is 4.96. The van der Waals surface area contributed by atoms with Crippen LogP contribution in [0.1, 0.15) is 35.2 Å². The lowest BCUT2D eigenvalue weighted by Crippen LogP contribution is -2.41. The maximum Gasteiger partial charge on any atom is 0.327 e. The number of para-hydroxylation sites is 2. The van der Waals surface area contributed by atoms with Crippen LogP contribution in [-0.2, 0) is 4.79 Å². The zero-order valence-electron chi connectivity index (χ0n) is 21.5. The van der Waals surface area contributed by atoms with E-state index in [1.54, 1.807) is 41.5 Å². The molecule has 0 bridgehead atoms. The van der Waals surface area contributed by atoms with Gasteiger partial charge in [-0.1, -0.05) is 53.5 Å². The molecule has 1 aliphatic heterocycles. The topological polar surface area (TPSA) is 70.7 Å². The highest BCUT2D eigenvalue weighted by Gasteiger charge is 2.42. The minimum absolute atomic E-state index is 0.00751. The van der Waals surface area contributed by atoms with Gasteiger partial charge in [0.05, 0.1) is 34.6 Å². The fraction of sp³-hybridized carbons (Fsp3) is 0.161. The molecule has 1 aromatic heterocycles. The van der Waals surface area contributed by atoms with E-state index >= 15 is 0 Å². The molecule has 3 aromatic carbocycles. The smallest absolute Gasteiger partial charge is 0.327 e. The third-order valence-corrected chi connectivity index (χ3v) is 9.03. The van der Waals surface area contributed by atoms with Crippen LogP contribution in [0.5, 0.6) is 5.75 Å². The van der Waals surface area contributed by atoms with Crippen LogP contribution in [0.15, 0.2) is 95.5 Å². The first-order valence-electron chi connectivity index (χ1n) is 12.8. The molecule has 6 rings (SSSR count). The summed E-state index contributed by atoms with van der Waals surface area (Å²) in [5.74, 6) is 0.761. The van der Waals surface area contributed by atoms with Gasteiger partial charge in [-0.3, -0.25) is 9.69 Å². The average Bonchev–Trinajstić information content (AvgIpc) is 3.45. The molecule has 0 saturated carbocycles. The minimum Gasteiger partial charge on any atom is -0.497 e. The van der Waals surface area contributed by atoms with Gasteiger partial charge >= 0.3 is 6.03 Å². The molecule has 2 aliphatic rings. The van der Waals surface area contributed by atoms with Crippen molar-refractivity contribution in [2.75, 3.05) is 22.6 Å². The Bertz CT molecular complexity index is 1620. The number of carbonyl (C=O) groups excluding carboxylic acids is 2. The average molecular weight is 591 g/mol. The van der Waals surface area contributed by atoms with Gasteiger partial charge in [0.15, 0.2) is 5.78 Å². The van der Waals surface area contributed by atoms with Crippen LogP contribution < -0.4 is 20.3 Å². The van der Waals surface area contributed by atoms with Gasteiger partial charge in [0, 0.05) is 34.2 Å². The molecule has 2 heterocycles. The van der Waals surface area contributed by atoms with Crippen molar-refractivity contribution in [3.8, 4) is 5.75 Å². The molecule has 9 heteroatoms. The minimum atomic E-state index is -0.684. The normalized spacial score (nSPS) is 18.4. The Morgan fingerprint density at radius 2 is 1.80 bits per heavy atom. The number of carbonyl (C=O) groups is 2. The molecule has 0 spiro atoms. The number of hydrogen-bond acceptors (Lipinski definition) is 5. The van der Waals surface area contributed by atoms with E-state index < -0.39 is 12.1 Å². The second-order valence-electron chi connectivity index (χ2n) is 9.68. The number of anilines is 3. The molecule has 0 saturated heterocycles. The number of ether oxygens (including phenoxy) is 1. The number of halogens is 2. The summed E-state index contributed by atoms with van der Waals surface area (Å²) < 4.78 is 5.39. The number of nitrogens with zero attached hydrogens (tertiary/aromatic N) is 1. The van der Waals surface area contributed by atoms with Crippen LogP contribution in [0, 0.1) is 0 Å². The summed E-state index contributed by atoms with van der Waals surface area (Å²) in [7, 11) is 1.60. The maximum absolute atomic E-state index is 14.2. The third-order valence-electron chi connectivity index (χ3n) is 7.26. The molecule has 2 amide bonds. The quantitative estimate of drug-likeness (QED) is 0.250. The SMILES string of the molecule is COc1ccc([C@H]2C3=C(C[C@@H](c4cccs4)CC3=O)Nc3ccccc3N2C(=O)Nc2ccc(Cl)c(Cl)c2)cc1. The first-order chi connectivity index (χ1) is 19.4. The second-order valence-corrected chi connectivity index (χ2v) is 11.5. The zero-order valence-corrected chi connectivity index (χ0v) is 23.8. The summed E-state index contributed by atoms with van der Waals surface area (Å²) in [6.07, 6.45) is 1.02. The number of rotatable bonds is 4. The molecular weight excluding hydrogens is 565 g/mol. The van der Waals surface area contributed by atoms with E-state index in [4.69, 9.17) is 27.9 Å². The zero-order chi connectivity index (χ0) is 27.8. The number of benzene rings is 3. The molecule has 0 radical (unpaired) electrons. The van der Waals surface area contributed by atoms with Crippen LogP contribution in [0.25, 0.3) is 0 Å². The monoisotopic (exact) mass is 589 g/mol. The van der Waals surface area contributed by atoms with Gasteiger partial charge in [-0.15, -0.1) is 11.3 Å². The number of hydrogen-bond donors (Lipinski definition) is 2. The van der Waals surface area contributed by atoms with E-state index in [-0.39, 0.29) is 11.7 Å². The largest absolute Gasteiger partial charge is 0.497 e. The van der Waals surface area contributed by atoms with E-state index in [0.717, 1.165) is 16.9 Å². The lowest BCUT2D eigenvalue weighted by Gasteiger charge is -2.35. The standard InChI is InChI=1S/C31H25Cl2N3O3S/c1-39-21-11-8-18(9-12-21)30-29-25(15-19(16-27(29)37)28-7-4-14-40-28)35-24-5-2-3-6-26(24)36(30)31(38)34-20-10-13-22(32)23(33)17-20/h2-14,17,19,30,35H,15-16H2,1H3,(H,34,38)/t19-,30+/m1/s1. The molecular formula is C31H25Cl2N3O3S. The van der Waals surface area contributed by atoms with Gasteiger partial charge < -0.3 is 15.4 Å². The van der Waals surface area contributed by atoms with E-state index in [1.807, 2.05) is 60.0 Å². The molecule has 0 unspecified atom stereocenters. The summed E-state index contributed by atoms with van der Waals surface area (Å²) >= 11 is 14.0. The molecule has 0 fully saturated rings. The Morgan fingerprint density at radius 3 is 2.52 bits per heavy atom. The van der Waals surface area contributed by atoms with E-state index in [9.17, 15) is 9.59 Å². The first kappa shape index (κ1) is 26.4. The van der Waals surface area contributed by atoms with Gasteiger partial charge in [0.25, 0.3) is 0 Å². The van der Waals surface area contributed by atoms with Gasteiger partial charge in [-0.25, -0.2) is 4.79 Å². The van der Waals surface area contributed by atoms with Crippen LogP contribution in [0.3, 0.4) is 0 Å². The highest BCUT2D eigenvalue weighted by Crippen LogP contribution is 2.48. The summed E-state index contributed by atoms with van der Waals surface area (Å²) in [6, 6.07) is 23.0. The molecule has 202 valence electrons. The summed E-state index contributed by atoms with van der Waals surface area (Å²) in [5, 5.41) is 9.28. The van der Waals surface area contributed by atoms with Gasteiger partial charge in [0.2, 0.25) is 0 Å². The number of Topliss-reactive ketones (excluding diaryl/α,β-unsaturated/α-hetero) is 1. The van der Waals surface area contributed by atoms with Crippen molar-refractivity contribution in [1.29, 1.82) is 0 Å². The number of urea groups is 1. The fourth-order valence-corrected chi connectivity index (χ4v) is 6.53. The Balaban J connectivity index is 1.51. The molecule has 1 aliphatic carbocycles. The van der Waals surface area contributed by atoms with Crippen molar-refractivity contribution in [3.63, 3.8) is 0 Å². The van der Waals surface area contributed by atoms with Crippen molar-refractivity contribution in [2.24, 2.45) is 0 Å². The summed E-state index contributed by atoms with van der Waals surface area (Å²) in [4.78, 5) is 31.0. The highest BCUT2D eigenvalue weighted by atomic mass is 35.5. The van der Waals surface area contributed by atoms with Gasteiger partial charge in [-0.05, 0) is 65.9 Å². The van der Waals surface area contributed by atoms with E-state index in [0.29, 0.717) is 45.6 Å². The van der Waals surface area contributed by atoms with Crippen LogP contribution in [0.2, 0.25) is 10.0 Å². The summed E-state index contributed by atoms with van der Waals surface area (Å²) in [5.41, 5.74) is 4.08. The maximum atomic E-state index is 14.2. The first-order valence-corrected chi connectivity index (χ1v) is 14.4. The van der Waals surface area contributed by atoms with Crippen molar-refractivity contribution < 1.29 is 14.3 Å². The lowest BCUT2D eigenvalue weighted by atomic mass is 9.80. The van der Waals surface area contributed by atoms with Crippen molar-refractivity contribution >= 4 is 63.4 Å². The number of ketones is 1. The lowest BCUT2D eigenvalue weighted by molar-refractivity contribution is -0.116. The molecule has 2 atom stereocenters. The number of allylic oxidation sites excluding steroid dienone is 1. The second kappa shape index (κ2) is 11.0. The predicted octanol–water partition coefficient (Wildman–Crippen LogP) is 8.67. The van der Waals surface area contributed by atoms with E-state index in [1.165, 1.54) is 4.88 Å². The predicted molar refractivity (Wildman–Crippen MR) is 162 cm³/mol. The summed E-state index contributed by atoms with van der Waals surface area (Å²) in [6.45, 7) is 0. The molecule has 40 heavy (non-hydrogen) atoms. The van der Waals surface area contributed by atoms with Crippen molar-refractivity contribution in [2.45, 2.75) is 24.8 Å². The van der Waals surface area contributed by atoms with Gasteiger partial charge in [0.1, 0.15) is 5.75 Å². The molecule has 6 nitrogen and oxygen atoms in total. The Morgan fingerprint density at radius 1 is 1.00 bits per heavy atom. The number of nitrogens with one attached hydrogen (secondary N) is 2. The highest BCUT2D eigenvalue weighted by molar-refractivity contribution is 7.10. The number of amides is 2. The van der Waals surface area contributed by atoms with Crippen molar-refractivity contribution in [3.05, 3.63) is 116 Å². The van der Waals surface area contributed by atoms with Crippen LogP contribution in [-0.4, -0.2) is 18.9 Å². The number of thiophene rings is 1. The number of methoxy groups -OCH3 is 1. The van der Waals surface area contributed by atoms with Crippen molar-refractivity contribution in [1.82, 2.24) is 0 Å².